The number of carbonyl (C=O) groups is 1. The average molecular weight is 443 g/mol. The van der Waals surface area contributed by atoms with Crippen LogP contribution in [0.4, 0.5) is 0 Å². The van der Waals surface area contributed by atoms with Gasteiger partial charge in [0, 0.05) is 5.92 Å². The Bertz CT molecular complexity index is 850. The lowest BCUT2D eigenvalue weighted by Gasteiger charge is -2.32. The lowest BCUT2D eigenvalue weighted by Crippen LogP contribution is -2.43. The smallest absolute Gasteiger partial charge is 0.333 e. The number of rotatable bonds is 12. The van der Waals surface area contributed by atoms with Crippen molar-refractivity contribution in [3.63, 3.8) is 0 Å². The van der Waals surface area contributed by atoms with Crippen molar-refractivity contribution in [1.29, 1.82) is 0 Å². The SMILES string of the molecule is COc1ccc(COCO[C@@H](C)[C@H]2C=C[C@@H](COCc3ccccc3)[C@@H](C(=O)O)O2)cc1. The number of hydrogen-bond donors (Lipinski definition) is 1. The highest BCUT2D eigenvalue weighted by atomic mass is 16.7. The highest BCUT2D eigenvalue weighted by molar-refractivity contribution is 5.73. The predicted molar refractivity (Wildman–Crippen MR) is 118 cm³/mol. The third kappa shape index (κ3) is 7.17. The van der Waals surface area contributed by atoms with Crippen LogP contribution >= 0.6 is 0 Å². The lowest BCUT2D eigenvalue weighted by atomic mass is 9.97. The second-order valence-corrected chi connectivity index (χ2v) is 7.60. The molecule has 7 nitrogen and oxygen atoms in total. The molecule has 0 aromatic heterocycles. The van der Waals surface area contributed by atoms with Crippen molar-refractivity contribution in [3.05, 3.63) is 77.9 Å². The first-order valence-electron chi connectivity index (χ1n) is 10.6. The summed E-state index contributed by atoms with van der Waals surface area (Å²) in [5.74, 6) is -0.599. The van der Waals surface area contributed by atoms with E-state index in [0.29, 0.717) is 13.2 Å². The van der Waals surface area contributed by atoms with Crippen LogP contribution in [0, 0.1) is 5.92 Å². The Morgan fingerprint density at radius 1 is 1.00 bits per heavy atom. The molecule has 1 aliphatic heterocycles. The highest BCUT2D eigenvalue weighted by Crippen LogP contribution is 2.23. The summed E-state index contributed by atoms with van der Waals surface area (Å²) >= 11 is 0. The van der Waals surface area contributed by atoms with Crippen LogP contribution in [0.25, 0.3) is 0 Å². The van der Waals surface area contributed by atoms with E-state index in [1.807, 2.05) is 73.7 Å². The van der Waals surface area contributed by atoms with Crippen molar-refractivity contribution in [3.8, 4) is 5.75 Å². The Labute approximate surface area is 188 Å². The molecule has 7 heteroatoms. The summed E-state index contributed by atoms with van der Waals surface area (Å²) < 4.78 is 27.9. The quantitative estimate of drug-likeness (QED) is 0.304. The Balaban J connectivity index is 1.43. The van der Waals surface area contributed by atoms with Crippen molar-refractivity contribution < 1.29 is 33.6 Å². The van der Waals surface area contributed by atoms with Crippen molar-refractivity contribution in [2.24, 2.45) is 5.92 Å². The van der Waals surface area contributed by atoms with Gasteiger partial charge in [0.15, 0.2) is 6.10 Å². The molecule has 0 amide bonds. The van der Waals surface area contributed by atoms with Crippen LogP contribution in [0.1, 0.15) is 18.1 Å². The lowest BCUT2D eigenvalue weighted by molar-refractivity contribution is -0.173. The third-order valence-corrected chi connectivity index (χ3v) is 5.21. The molecule has 0 saturated carbocycles. The standard InChI is InChI=1S/C25H30O7/c1-18(31-17-30-15-20-8-11-22(28-2)12-9-20)23-13-10-21(24(32-23)25(26)27)16-29-14-19-6-4-3-5-7-19/h3-13,18,21,23-24H,14-17H2,1-2H3,(H,26,27)/t18-,21-,23+,24-/m0/s1. The van der Waals surface area contributed by atoms with Gasteiger partial charge in [0.1, 0.15) is 18.6 Å². The molecule has 1 N–H and O–H groups in total. The first-order chi connectivity index (χ1) is 15.6. The fourth-order valence-electron chi connectivity index (χ4n) is 3.34. The van der Waals surface area contributed by atoms with E-state index in [9.17, 15) is 9.90 Å². The van der Waals surface area contributed by atoms with Gasteiger partial charge in [-0.2, -0.15) is 0 Å². The normalized spacial score (nSPS) is 21.2. The van der Waals surface area contributed by atoms with Crippen LogP contribution < -0.4 is 4.74 Å². The molecule has 0 aliphatic carbocycles. The summed E-state index contributed by atoms with van der Waals surface area (Å²) in [6.07, 6.45) is 1.84. The van der Waals surface area contributed by atoms with Gasteiger partial charge in [-0.1, -0.05) is 54.6 Å². The molecule has 0 bridgehead atoms. The minimum Gasteiger partial charge on any atom is -0.497 e. The number of benzene rings is 2. The van der Waals surface area contributed by atoms with Crippen molar-refractivity contribution in [2.45, 2.75) is 38.4 Å². The maximum Gasteiger partial charge on any atom is 0.333 e. The molecule has 4 atom stereocenters. The van der Waals surface area contributed by atoms with E-state index >= 15 is 0 Å². The molecule has 0 saturated heterocycles. The van der Waals surface area contributed by atoms with E-state index in [0.717, 1.165) is 16.9 Å². The fraction of sp³-hybridized carbons (Fsp3) is 0.400. The second kappa shape index (κ2) is 12.4. The number of ether oxygens (including phenoxy) is 5. The van der Waals surface area contributed by atoms with Gasteiger partial charge in [-0.25, -0.2) is 4.79 Å². The van der Waals surface area contributed by atoms with E-state index in [1.54, 1.807) is 7.11 Å². The highest BCUT2D eigenvalue weighted by Gasteiger charge is 2.35. The Morgan fingerprint density at radius 3 is 2.38 bits per heavy atom. The zero-order valence-electron chi connectivity index (χ0n) is 18.4. The van der Waals surface area contributed by atoms with Gasteiger partial charge in [-0.3, -0.25) is 0 Å². The maximum absolute atomic E-state index is 11.7. The van der Waals surface area contributed by atoms with E-state index in [-0.39, 0.29) is 25.4 Å². The first-order valence-corrected chi connectivity index (χ1v) is 10.6. The van der Waals surface area contributed by atoms with E-state index in [4.69, 9.17) is 23.7 Å². The number of carboxylic acids is 1. The Hall–Kier alpha value is -2.71. The van der Waals surface area contributed by atoms with Crippen molar-refractivity contribution >= 4 is 5.97 Å². The van der Waals surface area contributed by atoms with Crippen LogP contribution in [0.5, 0.6) is 5.75 Å². The molecule has 2 aromatic carbocycles. The molecule has 0 fully saturated rings. The zero-order valence-corrected chi connectivity index (χ0v) is 18.4. The van der Waals surface area contributed by atoms with Gasteiger partial charge in [-0.15, -0.1) is 0 Å². The maximum atomic E-state index is 11.7. The van der Waals surface area contributed by atoms with Gasteiger partial charge in [0.2, 0.25) is 0 Å². The average Bonchev–Trinajstić information content (AvgIpc) is 2.82. The summed E-state index contributed by atoms with van der Waals surface area (Å²) in [7, 11) is 1.62. The second-order valence-electron chi connectivity index (χ2n) is 7.60. The summed E-state index contributed by atoms with van der Waals surface area (Å²) in [4.78, 5) is 11.7. The van der Waals surface area contributed by atoms with Crippen molar-refractivity contribution in [2.75, 3.05) is 20.5 Å². The molecule has 172 valence electrons. The van der Waals surface area contributed by atoms with Crippen LogP contribution in [0.2, 0.25) is 0 Å². The molecule has 3 rings (SSSR count). The van der Waals surface area contributed by atoms with Gasteiger partial charge in [-0.05, 0) is 30.2 Å². The molecule has 0 unspecified atom stereocenters. The monoisotopic (exact) mass is 442 g/mol. The minimum absolute atomic E-state index is 0.0717. The molecule has 1 heterocycles. The van der Waals surface area contributed by atoms with Crippen LogP contribution in [0.3, 0.4) is 0 Å². The summed E-state index contributed by atoms with van der Waals surface area (Å²) in [5.41, 5.74) is 2.04. The van der Waals surface area contributed by atoms with Crippen LogP contribution in [-0.4, -0.2) is 49.9 Å². The van der Waals surface area contributed by atoms with Gasteiger partial charge in [0.05, 0.1) is 33.0 Å². The summed E-state index contributed by atoms with van der Waals surface area (Å²) in [6.45, 7) is 2.98. The Kier molecular flexibility index (Phi) is 9.25. The molecule has 32 heavy (non-hydrogen) atoms. The van der Waals surface area contributed by atoms with Crippen LogP contribution in [0.15, 0.2) is 66.7 Å². The minimum atomic E-state index is -1.02. The zero-order chi connectivity index (χ0) is 22.8. The fourth-order valence-corrected chi connectivity index (χ4v) is 3.34. The summed E-state index contributed by atoms with van der Waals surface area (Å²) in [5, 5.41) is 9.61. The largest absolute Gasteiger partial charge is 0.497 e. The molecular formula is C25H30O7. The molecule has 1 aliphatic rings. The summed E-state index contributed by atoms with van der Waals surface area (Å²) in [6, 6.07) is 17.3. The predicted octanol–water partition coefficient (Wildman–Crippen LogP) is 3.82. The van der Waals surface area contributed by atoms with Crippen LogP contribution in [-0.2, 0) is 37.0 Å². The number of carboxylic acid groups (broad SMARTS) is 1. The van der Waals surface area contributed by atoms with Gasteiger partial charge >= 0.3 is 5.97 Å². The van der Waals surface area contributed by atoms with Crippen molar-refractivity contribution in [1.82, 2.24) is 0 Å². The van der Waals surface area contributed by atoms with Gasteiger partial charge < -0.3 is 28.8 Å². The number of aliphatic carboxylic acids is 1. The molecule has 0 radical (unpaired) electrons. The molecule has 0 spiro atoms. The first kappa shape index (κ1) is 23.9. The third-order valence-electron chi connectivity index (χ3n) is 5.21. The number of methoxy groups -OCH3 is 1. The van der Waals surface area contributed by atoms with E-state index in [2.05, 4.69) is 0 Å². The Morgan fingerprint density at radius 2 is 1.69 bits per heavy atom. The number of hydrogen-bond acceptors (Lipinski definition) is 6. The molecular weight excluding hydrogens is 412 g/mol. The van der Waals surface area contributed by atoms with Gasteiger partial charge in [0.25, 0.3) is 0 Å². The molecule has 2 aromatic rings. The van der Waals surface area contributed by atoms with E-state index in [1.165, 1.54) is 0 Å². The topological polar surface area (TPSA) is 83.5 Å². The van der Waals surface area contributed by atoms with E-state index < -0.39 is 18.2 Å².